The van der Waals surface area contributed by atoms with Crippen LogP contribution in [-0.2, 0) is 0 Å². The van der Waals surface area contributed by atoms with Crippen LogP contribution in [-0.4, -0.2) is 35.6 Å². The van der Waals surface area contributed by atoms with Gasteiger partial charge in [-0.15, -0.1) is 0 Å². The third kappa shape index (κ3) is 3.69. The number of anilines is 3. The molecule has 1 saturated carbocycles. The molecule has 0 amide bonds. The van der Waals surface area contributed by atoms with Gasteiger partial charge in [0.2, 0.25) is 17.8 Å². The molecule has 0 saturated heterocycles. The van der Waals surface area contributed by atoms with E-state index in [0.717, 1.165) is 18.9 Å². The quantitative estimate of drug-likeness (QED) is 0.375. The van der Waals surface area contributed by atoms with E-state index in [1.165, 1.54) is 19.3 Å². The molecule has 0 unspecified atom stereocenters. The summed E-state index contributed by atoms with van der Waals surface area (Å²) in [4.78, 5) is 14.4. The average Bonchev–Trinajstić information content (AvgIpc) is 3.18. The van der Waals surface area contributed by atoms with Crippen LogP contribution in [0.15, 0.2) is 0 Å². The Kier molecular flexibility index (Phi) is 4.14. The zero-order valence-electron chi connectivity index (χ0n) is 11.0. The summed E-state index contributed by atoms with van der Waals surface area (Å²) in [6.07, 6.45) is 5.25. The van der Waals surface area contributed by atoms with Crippen molar-refractivity contribution in [1.82, 2.24) is 15.0 Å². The van der Waals surface area contributed by atoms with E-state index >= 15 is 0 Å². The van der Waals surface area contributed by atoms with Crippen LogP contribution in [0.3, 0.4) is 0 Å². The van der Waals surface area contributed by atoms with E-state index in [1.807, 2.05) is 19.0 Å². The molecule has 7 heteroatoms. The Hall–Kier alpha value is -1.63. The third-order valence-electron chi connectivity index (χ3n) is 2.92. The standard InChI is InChI=1S/C11H21N7/c1-18(2)11-15-9(14-10(16-11)17-12)13-7-3-4-8-5-6-8/h8H,3-7,12H2,1-2H3,(H2,13,14,15,16,17). The fourth-order valence-electron chi connectivity index (χ4n) is 1.71. The first-order chi connectivity index (χ1) is 8.69. The van der Waals surface area contributed by atoms with Gasteiger partial charge in [0.05, 0.1) is 0 Å². The number of hydrogen-bond acceptors (Lipinski definition) is 7. The smallest absolute Gasteiger partial charge is 0.243 e. The molecule has 0 bridgehead atoms. The molecule has 1 heterocycles. The van der Waals surface area contributed by atoms with Gasteiger partial charge in [-0.3, -0.25) is 5.43 Å². The van der Waals surface area contributed by atoms with Crippen molar-refractivity contribution in [3.8, 4) is 0 Å². The van der Waals surface area contributed by atoms with Gasteiger partial charge in [-0.25, -0.2) is 5.84 Å². The topological polar surface area (TPSA) is 92.0 Å². The maximum absolute atomic E-state index is 5.34. The predicted molar refractivity (Wildman–Crippen MR) is 72.4 cm³/mol. The minimum absolute atomic E-state index is 0.374. The summed E-state index contributed by atoms with van der Waals surface area (Å²) in [5, 5.41) is 3.21. The van der Waals surface area contributed by atoms with Gasteiger partial charge < -0.3 is 10.2 Å². The van der Waals surface area contributed by atoms with Gasteiger partial charge in [0.25, 0.3) is 0 Å². The molecule has 0 atom stereocenters. The molecule has 0 radical (unpaired) electrons. The number of nitrogen functional groups attached to an aromatic ring is 1. The third-order valence-corrected chi connectivity index (χ3v) is 2.92. The normalized spacial score (nSPS) is 14.4. The lowest BCUT2D eigenvalue weighted by Crippen LogP contribution is -2.19. The van der Waals surface area contributed by atoms with Crippen LogP contribution in [0.25, 0.3) is 0 Å². The molecule has 4 N–H and O–H groups in total. The summed E-state index contributed by atoms with van der Waals surface area (Å²) >= 11 is 0. The molecular weight excluding hydrogens is 230 g/mol. The molecule has 18 heavy (non-hydrogen) atoms. The summed E-state index contributed by atoms with van der Waals surface area (Å²) in [6.45, 7) is 0.886. The maximum Gasteiger partial charge on any atom is 0.243 e. The molecule has 1 aliphatic carbocycles. The highest BCUT2D eigenvalue weighted by atomic mass is 15.4. The number of nitrogens with one attached hydrogen (secondary N) is 2. The van der Waals surface area contributed by atoms with Crippen molar-refractivity contribution in [2.24, 2.45) is 11.8 Å². The van der Waals surface area contributed by atoms with Crippen LogP contribution in [0.2, 0.25) is 0 Å². The highest BCUT2D eigenvalue weighted by Gasteiger charge is 2.20. The molecule has 7 nitrogen and oxygen atoms in total. The van der Waals surface area contributed by atoms with Crippen LogP contribution in [0.5, 0.6) is 0 Å². The first-order valence-corrected chi connectivity index (χ1v) is 6.33. The first-order valence-electron chi connectivity index (χ1n) is 6.33. The second-order valence-electron chi connectivity index (χ2n) is 4.83. The first kappa shape index (κ1) is 12.8. The largest absolute Gasteiger partial charge is 0.354 e. The van der Waals surface area contributed by atoms with Crippen LogP contribution in [0.4, 0.5) is 17.8 Å². The van der Waals surface area contributed by atoms with E-state index in [-0.39, 0.29) is 0 Å². The Balaban J connectivity index is 1.90. The Bertz CT molecular complexity index is 389. The zero-order chi connectivity index (χ0) is 13.0. The number of aromatic nitrogens is 3. The second-order valence-corrected chi connectivity index (χ2v) is 4.83. The van der Waals surface area contributed by atoms with Gasteiger partial charge in [0.15, 0.2) is 0 Å². The van der Waals surface area contributed by atoms with Crippen molar-refractivity contribution in [3.05, 3.63) is 0 Å². The second kappa shape index (κ2) is 5.81. The summed E-state index contributed by atoms with van der Waals surface area (Å²) in [6, 6.07) is 0. The van der Waals surface area contributed by atoms with E-state index in [1.54, 1.807) is 0 Å². The minimum atomic E-state index is 0.374. The lowest BCUT2D eigenvalue weighted by atomic mass is 10.2. The van der Waals surface area contributed by atoms with Crippen molar-refractivity contribution >= 4 is 17.8 Å². The van der Waals surface area contributed by atoms with Gasteiger partial charge in [-0.2, -0.15) is 15.0 Å². The van der Waals surface area contributed by atoms with Crippen molar-refractivity contribution in [3.63, 3.8) is 0 Å². The lowest BCUT2D eigenvalue weighted by molar-refractivity contribution is 0.685. The molecule has 1 aromatic rings. The van der Waals surface area contributed by atoms with Crippen molar-refractivity contribution in [2.75, 3.05) is 36.3 Å². The van der Waals surface area contributed by atoms with E-state index < -0.39 is 0 Å². The number of rotatable bonds is 7. The SMILES string of the molecule is CN(C)c1nc(NN)nc(NCCCC2CC2)n1. The number of nitrogens with zero attached hydrogens (tertiary/aromatic N) is 4. The lowest BCUT2D eigenvalue weighted by Gasteiger charge is -2.13. The zero-order valence-corrected chi connectivity index (χ0v) is 11.0. The van der Waals surface area contributed by atoms with E-state index in [0.29, 0.717) is 17.8 Å². The fourth-order valence-corrected chi connectivity index (χ4v) is 1.71. The van der Waals surface area contributed by atoms with Gasteiger partial charge in [0, 0.05) is 20.6 Å². The Morgan fingerprint density at radius 1 is 1.22 bits per heavy atom. The highest BCUT2D eigenvalue weighted by molar-refractivity contribution is 5.42. The van der Waals surface area contributed by atoms with Gasteiger partial charge in [-0.1, -0.05) is 12.8 Å². The molecular formula is C11H21N7. The summed E-state index contributed by atoms with van der Waals surface area (Å²) in [7, 11) is 3.76. The summed E-state index contributed by atoms with van der Waals surface area (Å²) in [5.41, 5.74) is 2.45. The Labute approximate surface area is 107 Å². The molecule has 1 fully saturated rings. The molecule has 1 aliphatic rings. The van der Waals surface area contributed by atoms with Crippen LogP contribution in [0.1, 0.15) is 25.7 Å². The molecule has 2 rings (SSSR count). The fraction of sp³-hybridized carbons (Fsp3) is 0.727. The highest BCUT2D eigenvalue weighted by Crippen LogP contribution is 2.33. The van der Waals surface area contributed by atoms with Crippen LogP contribution >= 0.6 is 0 Å². The molecule has 1 aromatic heterocycles. The van der Waals surface area contributed by atoms with E-state index in [9.17, 15) is 0 Å². The van der Waals surface area contributed by atoms with Gasteiger partial charge in [-0.05, 0) is 18.8 Å². The number of hydrogen-bond donors (Lipinski definition) is 3. The molecule has 0 spiro atoms. The Morgan fingerprint density at radius 3 is 2.56 bits per heavy atom. The number of hydrazine groups is 1. The minimum Gasteiger partial charge on any atom is -0.354 e. The Morgan fingerprint density at radius 2 is 1.94 bits per heavy atom. The van der Waals surface area contributed by atoms with Crippen molar-refractivity contribution in [2.45, 2.75) is 25.7 Å². The average molecular weight is 251 g/mol. The van der Waals surface area contributed by atoms with Crippen molar-refractivity contribution in [1.29, 1.82) is 0 Å². The molecule has 0 aromatic carbocycles. The predicted octanol–water partition coefficient (Wildman–Crippen LogP) is 0.825. The molecule has 0 aliphatic heterocycles. The van der Waals surface area contributed by atoms with Gasteiger partial charge >= 0.3 is 0 Å². The van der Waals surface area contributed by atoms with Gasteiger partial charge in [0.1, 0.15) is 0 Å². The summed E-state index contributed by atoms with van der Waals surface area (Å²) in [5.74, 6) is 7.83. The van der Waals surface area contributed by atoms with Crippen LogP contribution in [0, 0.1) is 5.92 Å². The molecule has 100 valence electrons. The number of nitrogens with two attached hydrogens (primary N) is 1. The van der Waals surface area contributed by atoms with Crippen molar-refractivity contribution < 1.29 is 0 Å². The van der Waals surface area contributed by atoms with Crippen LogP contribution < -0.4 is 21.5 Å². The monoisotopic (exact) mass is 251 g/mol. The van der Waals surface area contributed by atoms with E-state index in [4.69, 9.17) is 5.84 Å². The summed E-state index contributed by atoms with van der Waals surface area (Å²) < 4.78 is 0. The maximum atomic E-state index is 5.34. The van der Waals surface area contributed by atoms with E-state index in [2.05, 4.69) is 25.7 Å².